The Kier molecular flexibility index (Phi) is 61.4. The fraction of sp³-hybridized carbons (Fsp3) is 0.700. The summed E-state index contributed by atoms with van der Waals surface area (Å²) in [5, 5.41) is 121. The fourth-order valence-electron chi connectivity index (χ4n) is 13.1. The topological polar surface area (TPSA) is 307 Å². The molecule has 3 heterocycles. The van der Waals surface area contributed by atoms with Crippen LogP contribution >= 0.6 is 0 Å². The number of aliphatic hydroxyl groups excluding tert-OH is 11. The quantitative estimate of drug-likeness (QED) is 0.0199. The van der Waals surface area contributed by atoms with Gasteiger partial charge in [-0.1, -0.05) is 307 Å². The van der Waals surface area contributed by atoms with Gasteiger partial charge >= 0.3 is 0 Å². The van der Waals surface area contributed by atoms with E-state index in [4.69, 9.17) is 28.4 Å². The first kappa shape index (κ1) is 98.6. The van der Waals surface area contributed by atoms with Crippen molar-refractivity contribution in [3.8, 4) is 0 Å². The van der Waals surface area contributed by atoms with Gasteiger partial charge in [-0.2, -0.15) is 0 Å². The van der Waals surface area contributed by atoms with Gasteiger partial charge in [-0.25, -0.2) is 0 Å². The molecule has 0 bridgehead atoms. The molecule has 3 rings (SSSR count). The van der Waals surface area contributed by atoms with Gasteiger partial charge in [-0.05, 0) is 116 Å². The Hall–Kier alpha value is -4.59. The number of rotatable bonds is 65. The van der Waals surface area contributed by atoms with Gasteiger partial charge in [-0.15, -0.1) is 0 Å². The minimum Gasteiger partial charge on any atom is -0.394 e. The van der Waals surface area contributed by atoms with Crippen molar-refractivity contribution in [2.45, 2.75) is 375 Å². The van der Waals surface area contributed by atoms with E-state index in [9.17, 15) is 61.0 Å². The Balaban J connectivity index is 1.36. The van der Waals surface area contributed by atoms with Gasteiger partial charge < -0.3 is 89.9 Å². The zero-order valence-electron chi connectivity index (χ0n) is 66.7. The minimum absolute atomic E-state index is 0.213. The number of aliphatic hydroxyl groups is 11. The summed E-state index contributed by atoms with van der Waals surface area (Å²) in [4.78, 5) is 13.5. The number of allylic oxidation sites excluding steroid dienone is 25. The van der Waals surface area contributed by atoms with Gasteiger partial charge in [0.2, 0.25) is 5.91 Å². The molecule has 3 fully saturated rings. The fourth-order valence-corrected chi connectivity index (χ4v) is 13.1. The normalized spacial score (nSPS) is 26.1. The second-order valence-corrected chi connectivity index (χ2v) is 29.2. The number of nitrogens with one attached hydrogen (secondary N) is 1. The summed E-state index contributed by atoms with van der Waals surface area (Å²) in [5.41, 5.74) is 0. The van der Waals surface area contributed by atoms with Crippen LogP contribution < -0.4 is 5.32 Å². The molecule has 0 aromatic carbocycles. The molecule has 0 aromatic heterocycles. The van der Waals surface area contributed by atoms with Crippen molar-refractivity contribution in [3.63, 3.8) is 0 Å². The highest BCUT2D eigenvalue weighted by atomic mass is 16.8. The molecular weight excluding hydrogens is 1380 g/mol. The monoisotopic (exact) mass is 1530 g/mol. The van der Waals surface area contributed by atoms with Crippen molar-refractivity contribution in [2.75, 3.05) is 26.4 Å². The minimum atomic E-state index is -1.99. The smallest absolute Gasteiger partial charge is 0.220 e. The van der Waals surface area contributed by atoms with Gasteiger partial charge in [0.15, 0.2) is 18.9 Å². The van der Waals surface area contributed by atoms with Gasteiger partial charge in [0.25, 0.3) is 0 Å². The molecule has 0 saturated carbocycles. The Morgan fingerprint density at radius 1 is 0.339 bits per heavy atom. The molecule has 19 nitrogen and oxygen atoms in total. The first-order valence-corrected chi connectivity index (χ1v) is 42.2. The van der Waals surface area contributed by atoms with E-state index < -0.39 is 124 Å². The maximum Gasteiger partial charge on any atom is 0.220 e. The third-order valence-electron chi connectivity index (χ3n) is 19.8. The Labute approximate surface area is 656 Å². The summed E-state index contributed by atoms with van der Waals surface area (Å²) < 4.78 is 34.4. The van der Waals surface area contributed by atoms with Crippen LogP contribution in [-0.4, -0.2) is 193 Å². The summed E-state index contributed by atoms with van der Waals surface area (Å²) in [6.07, 6.45) is 73.7. The molecule has 0 radical (unpaired) electrons. The second kappa shape index (κ2) is 67.9. The molecular formula is C90H149NO18. The van der Waals surface area contributed by atoms with Crippen molar-refractivity contribution in [1.82, 2.24) is 5.32 Å². The molecule has 3 aliphatic heterocycles. The van der Waals surface area contributed by atoms with E-state index in [2.05, 4.69) is 165 Å². The van der Waals surface area contributed by atoms with Gasteiger partial charge in [0.1, 0.15) is 73.2 Å². The van der Waals surface area contributed by atoms with Crippen LogP contribution in [0.3, 0.4) is 0 Å². The second-order valence-electron chi connectivity index (χ2n) is 29.2. The zero-order valence-corrected chi connectivity index (χ0v) is 66.7. The zero-order chi connectivity index (χ0) is 78.8. The maximum atomic E-state index is 13.5. The highest BCUT2D eigenvalue weighted by molar-refractivity contribution is 5.76. The largest absolute Gasteiger partial charge is 0.394 e. The highest BCUT2D eigenvalue weighted by Gasteiger charge is 2.54. The Morgan fingerprint density at radius 3 is 1.03 bits per heavy atom. The van der Waals surface area contributed by atoms with E-state index in [1.54, 1.807) is 6.08 Å². The maximum absolute atomic E-state index is 13.5. The molecule has 3 saturated heterocycles. The molecule has 19 heteroatoms. The lowest BCUT2D eigenvalue weighted by molar-refractivity contribution is -0.379. The van der Waals surface area contributed by atoms with Crippen molar-refractivity contribution in [2.24, 2.45) is 0 Å². The number of carbonyl (C=O) groups excluding carboxylic acids is 1. The van der Waals surface area contributed by atoms with Crippen molar-refractivity contribution >= 4 is 5.91 Å². The van der Waals surface area contributed by atoms with E-state index >= 15 is 0 Å². The Bertz CT molecular complexity index is 2590. The average molecular weight is 1530 g/mol. The van der Waals surface area contributed by atoms with Crippen LogP contribution in [-0.2, 0) is 33.2 Å². The van der Waals surface area contributed by atoms with Gasteiger partial charge in [-0.3, -0.25) is 4.79 Å². The summed E-state index contributed by atoms with van der Waals surface area (Å²) in [6, 6.07) is -1.01. The highest BCUT2D eigenvalue weighted by Crippen LogP contribution is 2.33. The van der Waals surface area contributed by atoms with E-state index in [1.165, 1.54) is 103 Å². The van der Waals surface area contributed by atoms with Crippen LogP contribution in [0.1, 0.15) is 271 Å². The number of amides is 1. The lowest BCUT2D eigenvalue weighted by Gasteiger charge is -2.48. The van der Waals surface area contributed by atoms with Gasteiger partial charge in [0, 0.05) is 6.42 Å². The van der Waals surface area contributed by atoms with Crippen molar-refractivity contribution in [3.05, 3.63) is 158 Å². The number of hydrogen-bond acceptors (Lipinski definition) is 18. The standard InChI is InChI=1S/C90H149NO18/c1-3-5-7-9-11-13-15-17-19-21-23-25-27-28-29-30-31-32-33-34-35-36-37-38-39-40-41-42-43-44-46-48-50-52-54-56-58-60-62-64-66-68-78(96)91-73(74(95)67-65-63-61-59-57-55-53-51-49-47-45-26-24-22-20-18-16-14-12-10-8-6-4-2)72-104-88-84(102)81(99)86(76(70-93)106-88)109-90-85(103)82(100)87(77(71-94)107-90)108-89-83(101)80(98)79(97)75(69-92)105-89/h5,7,11,13,17,19,23,25,28-29,31-32,34-35,37-38,40-41,43-44,48,50,57,59,65,67,73-77,79-90,92-95,97-103H,3-4,6,8-10,12,14-16,18,20-22,24,26-27,30,33,36,39,42,45-47,49,51-56,58,60-64,66,68-72H2,1-2H3,(H,91,96)/b7-5-,13-11-,19-17-,25-23-,29-28-,32-31-,35-34-,38-37-,41-40-,44-43-,50-48-,59-57+,67-65+. The van der Waals surface area contributed by atoms with E-state index in [0.717, 1.165) is 135 Å². The van der Waals surface area contributed by atoms with E-state index in [1.807, 2.05) is 6.08 Å². The summed E-state index contributed by atoms with van der Waals surface area (Å²) in [6.45, 7) is 1.60. The molecule has 17 unspecified atom stereocenters. The molecule has 1 amide bonds. The van der Waals surface area contributed by atoms with Crippen molar-refractivity contribution < 1.29 is 89.4 Å². The lowest BCUT2D eigenvalue weighted by atomic mass is 9.96. The lowest BCUT2D eigenvalue weighted by Crippen LogP contribution is -2.66. The molecule has 17 atom stereocenters. The van der Waals surface area contributed by atoms with Crippen LogP contribution in [0.4, 0.5) is 0 Å². The average Bonchev–Trinajstić information content (AvgIpc) is 0.760. The predicted octanol–water partition coefficient (Wildman–Crippen LogP) is 15.2. The van der Waals surface area contributed by atoms with Crippen LogP contribution in [0.25, 0.3) is 0 Å². The van der Waals surface area contributed by atoms with Crippen molar-refractivity contribution in [1.29, 1.82) is 0 Å². The van der Waals surface area contributed by atoms with Gasteiger partial charge in [0.05, 0.1) is 38.6 Å². The summed E-state index contributed by atoms with van der Waals surface area (Å²) in [5.74, 6) is -0.301. The number of hydrogen-bond donors (Lipinski definition) is 12. The molecule has 622 valence electrons. The Morgan fingerprint density at radius 2 is 0.642 bits per heavy atom. The predicted molar refractivity (Wildman–Crippen MR) is 438 cm³/mol. The molecule has 0 aromatic rings. The summed E-state index contributed by atoms with van der Waals surface area (Å²) in [7, 11) is 0. The molecule has 109 heavy (non-hydrogen) atoms. The SMILES string of the molecule is CC/C=C\C/C=C\C/C=C\C/C=C\C/C=C\C/C=C\C/C=C\C/C=C\C/C=C\C/C=C\C/C=C\CCCCCCCCCC(=O)NC(COC1OC(CO)C(OC2OC(CO)C(OC3OC(CO)C(O)C(O)C3O)C(O)C2O)C(O)C1O)C(O)/C=C/CC/C=C/CCCCCCCCCCCCCCCCCCC. The third-order valence-corrected chi connectivity index (χ3v) is 19.8. The molecule has 0 spiro atoms. The molecule has 3 aliphatic rings. The van der Waals surface area contributed by atoms with Crippen LogP contribution in [0.5, 0.6) is 0 Å². The molecule has 12 N–H and O–H groups in total. The van der Waals surface area contributed by atoms with Crippen LogP contribution in [0.2, 0.25) is 0 Å². The summed E-state index contributed by atoms with van der Waals surface area (Å²) >= 11 is 0. The number of ether oxygens (including phenoxy) is 6. The van der Waals surface area contributed by atoms with Crippen LogP contribution in [0, 0.1) is 0 Å². The van der Waals surface area contributed by atoms with E-state index in [0.29, 0.717) is 12.8 Å². The van der Waals surface area contributed by atoms with Crippen LogP contribution in [0.15, 0.2) is 158 Å². The first-order chi connectivity index (χ1) is 53.3. The van der Waals surface area contributed by atoms with E-state index in [-0.39, 0.29) is 18.9 Å². The first-order valence-electron chi connectivity index (χ1n) is 42.2. The third kappa shape index (κ3) is 47.0. The molecule has 0 aliphatic carbocycles. The number of carbonyl (C=O) groups is 1. The number of unbranched alkanes of at least 4 members (excludes halogenated alkanes) is 25.